The maximum absolute atomic E-state index is 6.24. The number of aromatic nitrogens is 2. The summed E-state index contributed by atoms with van der Waals surface area (Å²) in [7, 11) is 1.89. The molecule has 0 amide bonds. The predicted octanol–water partition coefficient (Wildman–Crippen LogP) is 3.73. The van der Waals surface area contributed by atoms with Crippen LogP contribution < -0.4 is 5.32 Å². The van der Waals surface area contributed by atoms with E-state index >= 15 is 0 Å². The Kier molecular flexibility index (Phi) is 4.50. The van der Waals surface area contributed by atoms with E-state index in [2.05, 4.69) is 23.4 Å². The van der Waals surface area contributed by atoms with Crippen molar-refractivity contribution >= 4 is 23.2 Å². The maximum Gasteiger partial charge on any atom is 0.0837 e. The Bertz CT molecular complexity index is 559. The summed E-state index contributed by atoms with van der Waals surface area (Å²) in [4.78, 5) is 0. The van der Waals surface area contributed by atoms with E-state index < -0.39 is 0 Å². The fourth-order valence-electron chi connectivity index (χ4n) is 2.11. The van der Waals surface area contributed by atoms with Crippen LogP contribution in [-0.4, -0.2) is 16.3 Å². The van der Waals surface area contributed by atoms with Crippen LogP contribution in [-0.2, 0) is 7.05 Å². The highest BCUT2D eigenvalue weighted by Crippen LogP contribution is 2.30. The zero-order valence-electron chi connectivity index (χ0n) is 11.2. The predicted molar refractivity (Wildman–Crippen MR) is 79.9 cm³/mol. The third kappa shape index (κ3) is 2.94. The van der Waals surface area contributed by atoms with Gasteiger partial charge >= 0.3 is 0 Å². The largest absolute Gasteiger partial charge is 0.305 e. The van der Waals surface area contributed by atoms with Gasteiger partial charge in [-0.05, 0) is 30.7 Å². The van der Waals surface area contributed by atoms with Crippen molar-refractivity contribution in [2.75, 3.05) is 6.54 Å². The first kappa shape index (κ1) is 14.4. The molecule has 2 rings (SSSR count). The van der Waals surface area contributed by atoms with Crippen molar-refractivity contribution in [2.45, 2.75) is 19.9 Å². The van der Waals surface area contributed by atoms with Crippen molar-refractivity contribution in [3.8, 4) is 0 Å². The second-order valence-electron chi connectivity index (χ2n) is 4.50. The highest BCUT2D eigenvalue weighted by atomic mass is 35.5. The van der Waals surface area contributed by atoms with Crippen molar-refractivity contribution in [3.63, 3.8) is 0 Å². The first-order chi connectivity index (χ1) is 9.04. The molecule has 19 heavy (non-hydrogen) atoms. The molecule has 0 bridgehead atoms. The Hall–Kier alpha value is -1.03. The Morgan fingerprint density at radius 3 is 2.58 bits per heavy atom. The minimum atomic E-state index is -0.0110. The van der Waals surface area contributed by atoms with Gasteiger partial charge in [-0.25, -0.2) is 0 Å². The van der Waals surface area contributed by atoms with Crippen LogP contribution in [0.3, 0.4) is 0 Å². The summed E-state index contributed by atoms with van der Waals surface area (Å²) < 4.78 is 1.80. The molecule has 102 valence electrons. The van der Waals surface area contributed by atoms with Gasteiger partial charge in [0.05, 0.1) is 23.0 Å². The van der Waals surface area contributed by atoms with Gasteiger partial charge in [-0.15, -0.1) is 0 Å². The molecule has 0 spiro atoms. The Morgan fingerprint density at radius 2 is 2.05 bits per heavy atom. The molecule has 0 aliphatic heterocycles. The maximum atomic E-state index is 6.24. The number of nitrogens with zero attached hydrogens (tertiary/aromatic N) is 2. The molecule has 1 unspecified atom stereocenters. The first-order valence-corrected chi connectivity index (χ1v) is 6.97. The molecule has 0 aliphatic rings. The normalized spacial score (nSPS) is 12.7. The van der Waals surface area contributed by atoms with Gasteiger partial charge in [0, 0.05) is 12.1 Å². The van der Waals surface area contributed by atoms with Crippen molar-refractivity contribution in [3.05, 3.63) is 51.3 Å². The van der Waals surface area contributed by atoms with Gasteiger partial charge in [-0.1, -0.05) is 42.3 Å². The SMILES string of the molecule is CCNC(c1ccc(C)c(Cl)c1)c1c(Cl)cnn1C. The molecule has 0 aliphatic carbocycles. The highest BCUT2D eigenvalue weighted by molar-refractivity contribution is 6.31. The van der Waals surface area contributed by atoms with Crippen LogP contribution in [0.15, 0.2) is 24.4 Å². The molecule has 1 atom stereocenters. The second kappa shape index (κ2) is 5.95. The summed E-state index contributed by atoms with van der Waals surface area (Å²) in [6.45, 7) is 4.89. The lowest BCUT2D eigenvalue weighted by Gasteiger charge is -2.20. The van der Waals surface area contributed by atoms with Crippen LogP contribution in [0.25, 0.3) is 0 Å². The van der Waals surface area contributed by atoms with Gasteiger partial charge in [0.2, 0.25) is 0 Å². The zero-order valence-corrected chi connectivity index (χ0v) is 12.8. The number of nitrogens with one attached hydrogen (secondary N) is 1. The Balaban J connectivity index is 2.48. The van der Waals surface area contributed by atoms with Crippen molar-refractivity contribution < 1.29 is 0 Å². The zero-order chi connectivity index (χ0) is 14.0. The molecule has 1 aromatic carbocycles. The van der Waals surface area contributed by atoms with E-state index in [-0.39, 0.29) is 6.04 Å². The van der Waals surface area contributed by atoms with Crippen LogP contribution in [0.4, 0.5) is 0 Å². The molecule has 0 fully saturated rings. The topological polar surface area (TPSA) is 29.9 Å². The van der Waals surface area contributed by atoms with Crippen LogP contribution in [0, 0.1) is 6.92 Å². The van der Waals surface area contributed by atoms with Crippen molar-refractivity contribution in [1.82, 2.24) is 15.1 Å². The Morgan fingerprint density at radius 1 is 1.32 bits per heavy atom. The summed E-state index contributed by atoms with van der Waals surface area (Å²) >= 11 is 12.5. The minimum absolute atomic E-state index is 0.0110. The van der Waals surface area contributed by atoms with Crippen LogP contribution >= 0.6 is 23.2 Å². The van der Waals surface area contributed by atoms with Gasteiger partial charge in [0.1, 0.15) is 0 Å². The molecule has 5 heteroatoms. The van der Waals surface area contributed by atoms with E-state index in [1.165, 1.54) is 0 Å². The van der Waals surface area contributed by atoms with Crippen LogP contribution in [0.5, 0.6) is 0 Å². The summed E-state index contributed by atoms with van der Waals surface area (Å²) in [5.41, 5.74) is 3.10. The van der Waals surface area contributed by atoms with E-state index in [4.69, 9.17) is 23.2 Å². The van der Waals surface area contributed by atoms with Gasteiger partial charge in [0.15, 0.2) is 0 Å². The van der Waals surface area contributed by atoms with Crippen LogP contribution in [0.2, 0.25) is 10.0 Å². The average Bonchev–Trinajstić information content (AvgIpc) is 2.70. The fourth-order valence-corrected chi connectivity index (χ4v) is 2.57. The standard InChI is InChI=1S/C14H17Cl2N3/c1-4-17-13(14-12(16)8-18-19(14)3)10-6-5-9(2)11(15)7-10/h5-8,13,17H,4H2,1-3H3. The molecule has 2 aromatic rings. The second-order valence-corrected chi connectivity index (χ2v) is 5.32. The van der Waals surface area contributed by atoms with E-state index in [0.717, 1.165) is 28.4 Å². The molecular weight excluding hydrogens is 281 g/mol. The molecule has 0 radical (unpaired) electrons. The van der Waals surface area contributed by atoms with Gasteiger partial charge < -0.3 is 5.32 Å². The van der Waals surface area contributed by atoms with E-state index in [1.807, 2.05) is 26.1 Å². The molecule has 0 saturated carbocycles. The summed E-state index contributed by atoms with van der Waals surface area (Å²) in [6.07, 6.45) is 1.66. The summed E-state index contributed by atoms with van der Waals surface area (Å²) in [6, 6.07) is 6.06. The Labute approximate surface area is 123 Å². The third-order valence-corrected chi connectivity index (χ3v) is 3.85. The summed E-state index contributed by atoms with van der Waals surface area (Å²) in [5.74, 6) is 0. The quantitative estimate of drug-likeness (QED) is 0.932. The molecule has 1 aromatic heterocycles. The summed E-state index contributed by atoms with van der Waals surface area (Å²) in [5, 5.41) is 9.04. The smallest absolute Gasteiger partial charge is 0.0837 e. The van der Waals surface area contributed by atoms with E-state index in [1.54, 1.807) is 10.9 Å². The molecule has 1 heterocycles. The fraction of sp³-hybridized carbons (Fsp3) is 0.357. The lowest BCUT2D eigenvalue weighted by Crippen LogP contribution is -2.24. The van der Waals surface area contributed by atoms with E-state index in [0.29, 0.717) is 5.02 Å². The van der Waals surface area contributed by atoms with Gasteiger partial charge in [-0.3, -0.25) is 4.68 Å². The van der Waals surface area contributed by atoms with Gasteiger partial charge in [0.25, 0.3) is 0 Å². The molecule has 1 N–H and O–H groups in total. The molecular formula is C14H17Cl2N3. The number of hydrogen-bond donors (Lipinski definition) is 1. The number of aryl methyl sites for hydroxylation is 2. The monoisotopic (exact) mass is 297 g/mol. The lowest BCUT2D eigenvalue weighted by atomic mass is 10.0. The number of rotatable bonds is 4. The molecule has 0 saturated heterocycles. The van der Waals surface area contributed by atoms with E-state index in [9.17, 15) is 0 Å². The minimum Gasteiger partial charge on any atom is -0.305 e. The number of benzene rings is 1. The third-order valence-electron chi connectivity index (χ3n) is 3.15. The number of hydrogen-bond acceptors (Lipinski definition) is 2. The first-order valence-electron chi connectivity index (χ1n) is 6.21. The number of halogens is 2. The molecule has 3 nitrogen and oxygen atoms in total. The van der Waals surface area contributed by atoms with Crippen LogP contribution in [0.1, 0.15) is 29.8 Å². The lowest BCUT2D eigenvalue weighted by molar-refractivity contribution is 0.573. The van der Waals surface area contributed by atoms with Crippen molar-refractivity contribution in [2.24, 2.45) is 7.05 Å². The highest BCUT2D eigenvalue weighted by Gasteiger charge is 2.20. The van der Waals surface area contributed by atoms with Gasteiger partial charge in [-0.2, -0.15) is 5.10 Å². The van der Waals surface area contributed by atoms with Crippen molar-refractivity contribution in [1.29, 1.82) is 0 Å². The average molecular weight is 298 g/mol.